The van der Waals surface area contributed by atoms with E-state index in [-0.39, 0.29) is 12.3 Å². The van der Waals surface area contributed by atoms with Crippen LogP contribution in [-0.2, 0) is 11.2 Å². The minimum absolute atomic E-state index is 0.143. The van der Waals surface area contributed by atoms with Gasteiger partial charge in [0.05, 0.1) is 22.8 Å². The minimum Gasteiger partial charge on any atom is -0.273 e. The van der Waals surface area contributed by atoms with Crippen molar-refractivity contribution in [2.45, 2.75) is 6.42 Å². The summed E-state index contributed by atoms with van der Waals surface area (Å²) in [6, 6.07) is 13.8. The summed E-state index contributed by atoms with van der Waals surface area (Å²) in [6.07, 6.45) is 3.63. The third kappa shape index (κ3) is 4.71. The molecular weight excluding hydrogens is 420 g/mol. The molecule has 8 heteroatoms. The minimum atomic E-state index is -0.400. The monoisotopic (exact) mass is 432 g/mol. The predicted octanol–water partition coefficient (Wildman–Crippen LogP) is 3.29. The lowest BCUT2D eigenvalue weighted by atomic mass is 10.1. The van der Waals surface area contributed by atoms with Crippen LogP contribution in [0.1, 0.15) is 15.9 Å². The largest absolute Gasteiger partial charge is 0.273 e. The maximum absolute atomic E-state index is 12.1. The number of hydrogen-bond acceptors (Lipinski definition) is 3. The molecule has 3 aromatic rings. The van der Waals surface area contributed by atoms with Crippen LogP contribution in [0.2, 0.25) is 5.02 Å². The van der Waals surface area contributed by atoms with Gasteiger partial charge in [-0.1, -0.05) is 23.7 Å². The molecule has 2 N–H and O–H groups in total. The zero-order valence-electron chi connectivity index (χ0n) is 13.4. The van der Waals surface area contributed by atoms with Crippen LogP contribution in [0.25, 0.3) is 5.69 Å². The SMILES string of the molecule is O=C(Cc1ccc(Cl)cc1)NNC(=O)c1ccc(-n2cc(Br)cn2)cc1. The molecule has 0 saturated carbocycles. The van der Waals surface area contributed by atoms with Crippen molar-refractivity contribution in [2.75, 3.05) is 0 Å². The van der Waals surface area contributed by atoms with Crippen LogP contribution in [0.3, 0.4) is 0 Å². The third-order valence-electron chi connectivity index (χ3n) is 3.54. The average molecular weight is 434 g/mol. The Balaban J connectivity index is 1.54. The first-order valence-electron chi connectivity index (χ1n) is 7.65. The van der Waals surface area contributed by atoms with Crippen molar-refractivity contribution >= 4 is 39.3 Å². The van der Waals surface area contributed by atoms with Gasteiger partial charge in [0.1, 0.15) is 0 Å². The highest BCUT2D eigenvalue weighted by Crippen LogP contribution is 2.13. The number of halogens is 2. The highest BCUT2D eigenvalue weighted by molar-refractivity contribution is 9.10. The van der Waals surface area contributed by atoms with Crippen LogP contribution in [0.15, 0.2) is 65.4 Å². The Labute approximate surface area is 163 Å². The molecule has 6 nitrogen and oxygen atoms in total. The molecule has 2 aromatic carbocycles. The van der Waals surface area contributed by atoms with Gasteiger partial charge in [-0.05, 0) is 57.9 Å². The second-order valence-electron chi connectivity index (χ2n) is 5.46. The maximum Gasteiger partial charge on any atom is 0.269 e. The molecule has 0 saturated heterocycles. The molecule has 0 spiro atoms. The third-order valence-corrected chi connectivity index (χ3v) is 4.20. The summed E-state index contributed by atoms with van der Waals surface area (Å²) in [6.45, 7) is 0. The lowest BCUT2D eigenvalue weighted by Gasteiger charge is -2.08. The Hall–Kier alpha value is -2.64. The Bertz CT molecular complexity index is 923. The van der Waals surface area contributed by atoms with Gasteiger partial charge in [0.25, 0.3) is 5.91 Å². The van der Waals surface area contributed by atoms with E-state index in [9.17, 15) is 9.59 Å². The van der Waals surface area contributed by atoms with Crippen LogP contribution >= 0.6 is 27.5 Å². The van der Waals surface area contributed by atoms with Gasteiger partial charge in [0.15, 0.2) is 0 Å². The van der Waals surface area contributed by atoms with Gasteiger partial charge in [0.2, 0.25) is 5.91 Å². The standard InChI is InChI=1S/C18H14BrClN4O2/c19-14-10-21-24(11-14)16-7-3-13(4-8-16)18(26)23-22-17(25)9-12-1-5-15(20)6-2-12/h1-8,10-11H,9H2,(H,22,25)(H,23,26). The van der Waals surface area contributed by atoms with Crippen LogP contribution in [-0.4, -0.2) is 21.6 Å². The van der Waals surface area contributed by atoms with E-state index in [1.54, 1.807) is 59.4 Å². The Morgan fingerprint density at radius 2 is 1.73 bits per heavy atom. The van der Waals surface area contributed by atoms with Crippen LogP contribution in [0.4, 0.5) is 0 Å². The van der Waals surface area contributed by atoms with Crippen molar-refractivity contribution < 1.29 is 9.59 Å². The fourth-order valence-electron chi connectivity index (χ4n) is 2.24. The molecule has 0 aliphatic heterocycles. The first-order valence-corrected chi connectivity index (χ1v) is 8.82. The highest BCUT2D eigenvalue weighted by Gasteiger charge is 2.09. The summed E-state index contributed by atoms with van der Waals surface area (Å²) >= 11 is 9.14. The zero-order chi connectivity index (χ0) is 18.5. The molecule has 1 aromatic heterocycles. The second-order valence-corrected chi connectivity index (χ2v) is 6.81. The van der Waals surface area contributed by atoms with Gasteiger partial charge in [-0.15, -0.1) is 0 Å². The van der Waals surface area contributed by atoms with Gasteiger partial charge in [-0.2, -0.15) is 5.10 Å². The van der Waals surface area contributed by atoms with Gasteiger partial charge in [-0.3, -0.25) is 20.4 Å². The van der Waals surface area contributed by atoms with Gasteiger partial charge in [0, 0.05) is 16.8 Å². The number of nitrogens with one attached hydrogen (secondary N) is 2. The van der Waals surface area contributed by atoms with E-state index in [2.05, 4.69) is 31.9 Å². The van der Waals surface area contributed by atoms with Crippen LogP contribution < -0.4 is 10.9 Å². The molecule has 0 bridgehead atoms. The van der Waals surface area contributed by atoms with E-state index in [0.29, 0.717) is 10.6 Å². The molecule has 2 amide bonds. The van der Waals surface area contributed by atoms with Crippen molar-refractivity contribution in [2.24, 2.45) is 0 Å². The predicted molar refractivity (Wildman–Crippen MR) is 102 cm³/mol. The molecule has 0 radical (unpaired) electrons. The molecule has 0 unspecified atom stereocenters. The lowest BCUT2D eigenvalue weighted by molar-refractivity contribution is -0.121. The van der Waals surface area contributed by atoms with E-state index in [1.165, 1.54) is 0 Å². The van der Waals surface area contributed by atoms with Gasteiger partial charge >= 0.3 is 0 Å². The quantitative estimate of drug-likeness (QED) is 0.620. The van der Waals surface area contributed by atoms with E-state index >= 15 is 0 Å². The summed E-state index contributed by atoms with van der Waals surface area (Å²) in [5, 5.41) is 4.77. The molecule has 3 rings (SSSR count). The average Bonchev–Trinajstić information content (AvgIpc) is 3.08. The number of rotatable bonds is 4. The number of benzene rings is 2. The smallest absolute Gasteiger partial charge is 0.269 e. The zero-order valence-corrected chi connectivity index (χ0v) is 15.8. The molecule has 26 heavy (non-hydrogen) atoms. The summed E-state index contributed by atoms with van der Waals surface area (Å²) in [4.78, 5) is 24.0. The molecule has 132 valence electrons. The molecule has 0 aliphatic rings. The number of hydrogen-bond donors (Lipinski definition) is 2. The van der Waals surface area contributed by atoms with Crippen LogP contribution in [0.5, 0.6) is 0 Å². The first kappa shape index (κ1) is 18.2. The van der Waals surface area contributed by atoms with E-state index < -0.39 is 5.91 Å². The van der Waals surface area contributed by atoms with Gasteiger partial charge in [-0.25, -0.2) is 4.68 Å². The van der Waals surface area contributed by atoms with E-state index in [1.807, 2.05) is 6.20 Å². The van der Waals surface area contributed by atoms with Crippen molar-refractivity contribution in [1.82, 2.24) is 20.6 Å². The number of aromatic nitrogens is 2. The van der Waals surface area contributed by atoms with Gasteiger partial charge < -0.3 is 0 Å². The number of nitrogens with zero attached hydrogens (tertiary/aromatic N) is 2. The Kier molecular flexibility index (Phi) is 5.70. The summed E-state index contributed by atoms with van der Waals surface area (Å²) in [5.74, 6) is -0.721. The number of amides is 2. The summed E-state index contributed by atoms with van der Waals surface area (Å²) in [5.41, 5.74) is 6.84. The fraction of sp³-hybridized carbons (Fsp3) is 0.0556. The maximum atomic E-state index is 12.1. The number of carbonyl (C=O) groups is 2. The number of hydrazine groups is 1. The Morgan fingerprint density at radius 3 is 2.35 bits per heavy atom. The van der Waals surface area contributed by atoms with Crippen molar-refractivity contribution in [3.8, 4) is 5.69 Å². The fourth-order valence-corrected chi connectivity index (χ4v) is 2.65. The molecular formula is C18H14BrClN4O2. The van der Waals surface area contributed by atoms with E-state index in [4.69, 9.17) is 11.6 Å². The molecule has 1 heterocycles. The Morgan fingerprint density at radius 1 is 1.04 bits per heavy atom. The van der Waals surface area contributed by atoms with Crippen molar-refractivity contribution in [1.29, 1.82) is 0 Å². The molecule has 0 aliphatic carbocycles. The topological polar surface area (TPSA) is 76.0 Å². The molecule has 0 atom stereocenters. The number of carbonyl (C=O) groups excluding carboxylic acids is 2. The van der Waals surface area contributed by atoms with E-state index in [0.717, 1.165) is 15.7 Å². The van der Waals surface area contributed by atoms with Crippen LogP contribution in [0, 0.1) is 0 Å². The second kappa shape index (κ2) is 8.16. The van der Waals surface area contributed by atoms with Crippen molar-refractivity contribution in [3.05, 3.63) is 81.5 Å². The van der Waals surface area contributed by atoms with Crippen molar-refractivity contribution in [3.63, 3.8) is 0 Å². The highest BCUT2D eigenvalue weighted by atomic mass is 79.9. The summed E-state index contributed by atoms with van der Waals surface area (Å²) in [7, 11) is 0. The molecule has 0 fully saturated rings. The lowest BCUT2D eigenvalue weighted by Crippen LogP contribution is -2.42. The summed E-state index contributed by atoms with van der Waals surface area (Å²) < 4.78 is 2.54. The normalized spacial score (nSPS) is 10.4. The first-order chi connectivity index (χ1) is 12.5.